The van der Waals surface area contributed by atoms with Crippen LogP contribution >= 0.6 is 11.3 Å². The first kappa shape index (κ1) is 14.1. The maximum absolute atomic E-state index is 12.4. The first-order valence-corrected chi connectivity index (χ1v) is 8.74. The van der Waals surface area contributed by atoms with Gasteiger partial charge in [0.25, 0.3) is 10.0 Å². The molecular formula is C10H17N5O3S2. The van der Waals surface area contributed by atoms with Gasteiger partial charge in [-0.15, -0.1) is 10.2 Å². The highest BCUT2D eigenvalue weighted by Crippen LogP contribution is 2.26. The Morgan fingerprint density at radius 2 is 2.00 bits per heavy atom. The van der Waals surface area contributed by atoms with E-state index in [0.717, 1.165) is 44.1 Å². The Hall–Kier alpha value is -0.810. The number of hydrogen-bond donors (Lipinski definition) is 1. The second kappa shape index (κ2) is 5.53. The number of morpholine rings is 1. The standard InChI is InChI=1S/C10H17N5O3S2/c11-9-12-13-10(19-9)20(16,17)15-2-1-8(7-15)14-3-5-18-6-4-14/h8H,1-7H2,(H2,11,12). The van der Waals surface area contributed by atoms with Crippen LogP contribution in [0, 0.1) is 0 Å². The molecule has 2 fully saturated rings. The number of nitrogen functional groups attached to an aromatic ring is 1. The van der Waals surface area contributed by atoms with Gasteiger partial charge in [-0.1, -0.05) is 11.3 Å². The van der Waals surface area contributed by atoms with Crippen molar-refractivity contribution in [3.63, 3.8) is 0 Å². The number of sulfonamides is 1. The van der Waals surface area contributed by atoms with Gasteiger partial charge in [-0.05, 0) is 6.42 Å². The van der Waals surface area contributed by atoms with E-state index in [1.165, 1.54) is 4.31 Å². The van der Waals surface area contributed by atoms with Crippen molar-refractivity contribution in [2.45, 2.75) is 16.8 Å². The van der Waals surface area contributed by atoms with Gasteiger partial charge in [0.1, 0.15) is 0 Å². The van der Waals surface area contributed by atoms with Crippen molar-refractivity contribution in [2.75, 3.05) is 45.1 Å². The summed E-state index contributed by atoms with van der Waals surface area (Å²) in [6.07, 6.45) is 0.841. The lowest BCUT2D eigenvalue weighted by atomic mass is 10.2. The summed E-state index contributed by atoms with van der Waals surface area (Å²) < 4.78 is 31.6. The number of anilines is 1. The molecule has 1 unspecified atom stereocenters. The lowest BCUT2D eigenvalue weighted by molar-refractivity contribution is 0.0197. The maximum atomic E-state index is 12.4. The van der Waals surface area contributed by atoms with Crippen molar-refractivity contribution in [1.29, 1.82) is 0 Å². The zero-order valence-corrected chi connectivity index (χ0v) is 12.6. The third-order valence-corrected chi connectivity index (χ3v) is 6.63. The summed E-state index contributed by atoms with van der Waals surface area (Å²) in [7, 11) is -3.55. The number of aromatic nitrogens is 2. The molecule has 2 aliphatic rings. The first-order valence-electron chi connectivity index (χ1n) is 6.48. The topological polar surface area (TPSA) is 102 Å². The highest BCUT2D eigenvalue weighted by Gasteiger charge is 2.37. The maximum Gasteiger partial charge on any atom is 0.272 e. The van der Waals surface area contributed by atoms with Crippen LogP contribution in [0.4, 0.5) is 5.13 Å². The van der Waals surface area contributed by atoms with Crippen LogP contribution < -0.4 is 5.73 Å². The summed E-state index contributed by atoms with van der Waals surface area (Å²) in [5.74, 6) is 0. The van der Waals surface area contributed by atoms with Crippen LogP contribution in [0.3, 0.4) is 0 Å². The molecule has 1 aromatic rings. The summed E-state index contributed by atoms with van der Waals surface area (Å²) in [6.45, 7) is 4.19. The van der Waals surface area contributed by atoms with E-state index in [4.69, 9.17) is 10.5 Å². The number of hydrogen-bond acceptors (Lipinski definition) is 8. The average Bonchev–Trinajstić information content (AvgIpc) is 3.09. The predicted octanol–water partition coefficient (Wildman–Crippen LogP) is -0.784. The highest BCUT2D eigenvalue weighted by atomic mass is 32.2. The molecule has 0 aromatic carbocycles. The van der Waals surface area contributed by atoms with E-state index in [1.54, 1.807) is 0 Å². The Balaban J connectivity index is 1.70. The first-order chi connectivity index (χ1) is 9.57. The van der Waals surface area contributed by atoms with Crippen molar-refractivity contribution < 1.29 is 13.2 Å². The van der Waals surface area contributed by atoms with Gasteiger partial charge in [-0.3, -0.25) is 4.90 Å². The Labute approximate surface area is 121 Å². The monoisotopic (exact) mass is 319 g/mol. The second-order valence-electron chi connectivity index (χ2n) is 4.86. The minimum Gasteiger partial charge on any atom is -0.379 e. The lowest BCUT2D eigenvalue weighted by Gasteiger charge is -2.31. The predicted molar refractivity (Wildman–Crippen MR) is 73.9 cm³/mol. The summed E-state index contributed by atoms with van der Waals surface area (Å²) in [4.78, 5) is 2.30. The molecule has 10 heteroatoms. The van der Waals surface area contributed by atoms with Gasteiger partial charge in [-0.25, -0.2) is 8.42 Å². The second-order valence-corrected chi connectivity index (χ2v) is 7.98. The number of rotatable bonds is 3. The molecule has 0 amide bonds. The van der Waals surface area contributed by atoms with E-state index >= 15 is 0 Å². The fourth-order valence-corrected chi connectivity index (χ4v) is 5.02. The molecule has 0 bridgehead atoms. The number of ether oxygens (including phenoxy) is 1. The molecule has 0 aliphatic carbocycles. The van der Waals surface area contributed by atoms with Crippen molar-refractivity contribution >= 4 is 26.5 Å². The lowest BCUT2D eigenvalue weighted by Crippen LogP contribution is -2.45. The zero-order valence-electron chi connectivity index (χ0n) is 10.9. The third-order valence-electron chi connectivity index (χ3n) is 3.67. The molecule has 1 atom stereocenters. The van der Waals surface area contributed by atoms with Crippen LogP contribution in [-0.4, -0.2) is 73.3 Å². The minimum absolute atomic E-state index is 0.0161. The van der Waals surface area contributed by atoms with Gasteiger partial charge < -0.3 is 10.5 Å². The fraction of sp³-hybridized carbons (Fsp3) is 0.800. The van der Waals surface area contributed by atoms with E-state index in [0.29, 0.717) is 13.1 Å². The summed E-state index contributed by atoms with van der Waals surface area (Å²) in [6, 6.07) is 0.263. The van der Waals surface area contributed by atoms with Crippen LogP contribution in [0.25, 0.3) is 0 Å². The molecule has 3 rings (SSSR count). The van der Waals surface area contributed by atoms with Gasteiger partial charge in [0.15, 0.2) is 0 Å². The minimum atomic E-state index is -3.55. The molecule has 0 radical (unpaired) electrons. The smallest absolute Gasteiger partial charge is 0.272 e. The van der Waals surface area contributed by atoms with Crippen LogP contribution in [0.15, 0.2) is 4.34 Å². The largest absolute Gasteiger partial charge is 0.379 e. The third kappa shape index (κ3) is 2.66. The van der Waals surface area contributed by atoms with Gasteiger partial charge in [-0.2, -0.15) is 4.31 Å². The van der Waals surface area contributed by atoms with Gasteiger partial charge >= 0.3 is 0 Å². The Morgan fingerprint density at radius 3 is 2.65 bits per heavy atom. The molecular weight excluding hydrogens is 302 g/mol. The molecule has 1 aromatic heterocycles. The highest BCUT2D eigenvalue weighted by molar-refractivity contribution is 7.91. The molecule has 3 heterocycles. The van der Waals surface area contributed by atoms with E-state index < -0.39 is 10.0 Å². The van der Waals surface area contributed by atoms with Crippen LogP contribution in [0.1, 0.15) is 6.42 Å². The van der Waals surface area contributed by atoms with Crippen LogP contribution in [0.5, 0.6) is 0 Å². The Bertz CT molecular complexity index is 569. The average molecular weight is 319 g/mol. The van der Waals surface area contributed by atoms with E-state index in [9.17, 15) is 8.42 Å². The molecule has 8 nitrogen and oxygen atoms in total. The van der Waals surface area contributed by atoms with E-state index in [2.05, 4.69) is 15.1 Å². The normalized spacial score (nSPS) is 26.1. The molecule has 0 spiro atoms. The van der Waals surface area contributed by atoms with Crippen molar-refractivity contribution in [3.8, 4) is 0 Å². The van der Waals surface area contributed by atoms with Gasteiger partial charge in [0.05, 0.1) is 13.2 Å². The number of nitrogens with two attached hydrogens (primary N) is 1. The molecule has 112 valence electrons. The zero-order chi connectivity index (χ0) is 14.2. The van der Waals surface area contributed by atoms with E-state index in [1.807, 2.05) is 0 Å². The van der Waals surface area contributed by atoms with Crippen molar-refractivity contribution in [3.05, 3.63) is 0 Å². The number of nitrogens with zero attached hydrogens (tertiary/aromatic N) is 4. The Kier molecular flexibility index (Phi) is 3.91. The molecule has 2 saturated heterocycles. The van der Waals surface area contributed by atoms with Crippen LogP contribution in [0.2, 0.25) is 0 Å². The molecule has 2 N–H and O–H groups in total. The van der Waals surface area contributed by atoms with E-state index in [-0.39, 0.29) is 15.5 Å². The quantitative estimate of drug-likeness (QED) is 0.779. The van der Waals surface area contributed by atoms with Crippen molar-refractivity contribution in [2.24, 2.45) is 0 Å². The summed E-state index contributed by atoms with van der Waals surface area (Å²) >= 11 is 0.911. The van der Waals surface area contributed by atoms with Crippen LogP contribution in [-0.2, 0) is 14.8 Å². The van der Waals surface area contributed by atoms with Crippen molar-refractivity contribution in [1.82, 2.24) is 19.4 Å². The molecule has 20 heavy (non-hydrogen) atoms. The SMILES string of the molecule is Nc1nnc(S(=O)(=O)N2CCC(N3CCOCC3)C2)s1. The Morgan fingerprint density at radius 1 is 1.25 bits per heavy atom. The molecule has 2 aliphatic heterocycles. The molecule has 0 saturated carbocycles. The fourth-order valence-electron chi connectivity index (χ4n) is 2.60. The summed E-state index contributed by atoms with van der Waals surface area (Å²) in [5.41, 5.74) is 5.46. The summed E-state index contributed by atoms with van der Waals surface area (Å²) in [5, 5.41) is 7.40. The van der Waals surface area contributed by atoms with Gasteiger partial charge in [0.2, 0.25) is 9.47 Å². The van der Waals surface area contributed by atoms with Gasteiger partial charge in [0, 0.05) is 32.2 Å².